The first-order valence-electron chi connectivity index (χ1n) is 6.77. The van der Waals surface area contributed by atoms with Gasteiger partial charge in [0, 0.05) is 12.5 Å². The second-order valence-corrected chi connectivity index (χ2v) is 4.86. The molecule has 0 heterocycles. The molecule has 0 spiro atoms. The van der Waals surface area contributed by atoms with Crippen molar-refractivity contribution in [1.82, 2.24) is 5.32 Å². The van der Waals surface area contributed by atoms with Gasteiger partial charge < -0.3 is 5.32 Å². The van der Waals surface area contributed by atoms with Crippen molar-refractivity contribution in [3.63, 3.8) is 0 Å². The fourth-order valence-corrected chi connectivity index (χ4v) is 2.51. The quantitative estimate of drug-likeness (QED) is 0.639. The summed E-state index contributed by atoms with van der Waals surface area (Å²) < 4.78 is 0. The summed E-state index contributed by atoms with van der Waals surface area (Å²) in [4.78, 5) is 12.0. The van der Waals surface area contributed by atoms with E-state index in [0.717, 1.165) is 32.2 Å². The molecular formula is C16H21NO. The number of fused-ring (bicyclic) bond motifs is 1. The van der Waals surface area contributed by atoms with Crippen LogP contribution in [0, 0.1) is 5.92 Å². The predicted molar refractivity (Wildman–Crippen MR) is 74.4 cm³/mol. The van der Waals surface area contributed by atoms with E-state index in [0.29, 0.717) is 0 Å². The van der Waals surface area contributed by atoms with Gasteiger partial charge in [-0.1, -0.05) is 36.4 Å². The molecule has 18 heavy (non-hydrogen) atoms. The van der Waals surface area contributed by atoms with Crippen molar-refractivity contribution in [2.24, 2.45) is 5.92 Å². The highest BCUT2D eigenvalue weighted by Gasteiger charge is 2.23. The summed E-state index contributed by atoms with van der Waals surface area (Å²) in [6, 6.07) is 8.46. The molecule has 2 rings (SSSR count). The highest BCUT2D eigenvalue weighted by atomic mass is 16.1. The van der Waals surface area contributed by atoms with Gasteiger partial charge >= 0.3 is 0 Å². The Morgan fingerprint density at radius 1 is 1.39 bits per heavy atom. The maximum absolute atomic E-state index is 12.0. The number of nitrogens with one attached hydrogen (secondary N) is 1. The first kappa shape index (κ1) is 12.9. The fourth-order valence-electron chi connectivity index (χ4n) is 2.51. The molecule has 0 saturated carbocycles. The van der Waals surface area contributed by atoms with Crippen molar-refractivity contribution < 1.29 is 4.79 Å². The molecule has 1 aromatic carbocycles. The lowest BCUT2D eigenvalue weighted by Crippen LogP contribution is -2.34. The van der Waals surface area contributed by atoms with Crippen LogP contribution in [-0.4, -0.2) is 12.5 Å². The van der Waals surface area contributed by atoms with Gasteiger partial charge in [0.2, 0.25) is 5.91 Å². The minimum absolute atomic E-state index is 0.158. The van der Waals surface area contributed by atoms with Gasteiger partial charge in [-0.15, -0.1) is 0 Å². The first-order valence-corrected chi connectivity index (χ1v) is 6.77. The van der Waals surface area contributed by atoms with Crippen molar-refractivity contribution in [2.75, 3.05) is 6.54 Å². The van der Waals surface area contributed by atoms with Crippen LogP contribution in [0.25, 0.3) is 0 Å². The molecule has 1 aliphatic carbocycles. The van der Waals surface area contributed by atoms with Crippen LogP contribution in [-0.2, 0) is 17.6 Å². The van der Waals surface area contributed by atoms with Crippen LogP contribution in [0.2, 0.25) is 0 Å². The van der Waals surface area contributed by atoms with Crippen LogP contribution in [0.3, 0.4) is 0 Å². The van der Waals surface area contributed by atoms with E-state index in [4.69, 9.17) is 0 Å². The first-order chi connectivity index (χ1) is 8.81. The van der Waals surface area contributed by atoms with Gasteiger partial charge in [-0.25, -0.2) is 0 Å². The summed E-state index contributed by atoms with van der Waals surface area (Å²) in [5.41, 5.74) is 2.76. The van der Waals surface area contributed by atoms with E-state index < -0.39 is 0 Å². The fraction of sp³-hybridized carbons (Fsp3) is 0.438. The Morgan fingerprint density at radius 2 is 2.17 bits per heavy atom. The van der Waals surface area contributed by atoms with Crippen LogP contribution in [0.15, 0.2) is 36.4 Å². The van der Waals surface area contributed by atoms with Crippen LogP contribution in [0.4, 0.5) is 0 Å². The third kappa shape index (κ3) is 3.22. The largest absolute Gasteiger partial charge is 0.356 e. The van der Waals surface area contributed by atoms with Gasteiger partial charge in [0.1, 0.15) is 0 Å². The molecule has 0 aliphatic heterocycles. The molecule has 2 nitrogen and oxygen atoms in total. The number of aryl methyl sites for hydroxylation is 1. The third-order valence-corrected chi connectivity index (χ3v) is 3.56. The van der Waals surface area contributed by atoms with Gasteiger partial charge in [0.15, 0.2) is 0 Å². The third-order valence-electron chi connectivity index (χ3n) is 3.56. The molecule has 1 unspecified atom stereocenters. The Bertz CT molecular complexity index is 436. The molecule has 1 amide bonds. The zero-order chi connectivity index (χ0) is 12.8. The van der Waals surface area contributed by atoms with Crippen molar-refractivity contribution in [2.45, 2.75) is 32.6 Å². The van der Waals surface area contributed by atoms with Crippen molar-refractivity contribution in [1.29, 1.82) is 0 Å². The van der Waals surface area contributed by atoms with Gasteiger partial charge in [-0.2, -0.15) is 0 Å². The zero-order valence-electron chi connectivity index (χ0n) is 11.0. The molecule has 1 aromatic rings. The average molecular weight is 243 g/mol. The maximum Gasteiger partial charge on any atom is 0.223 e. The Kier molecular flexibility index (Phi) is 4.57. The standard InChI is InChI=1S/C16H21NO/c1-2-3-6-11-17-16(18)15-10-9-13-7-4-5-8-14(13)12-15/h2-5,7-8,15H,6,9-12H2,1H3,(H,17,18)/b3-2+. The highest BCUT2D eigenvalue weighted by Crippen LogP contribution is 2.25. The van der Waals surface area contributed by atoms with E-state index in [1.54, 1.807) is 0 Å². The highest BCUT2D eigenvalue weighted by molar-refractivity contribution is 5.79. The lowest BCUT2D eigenvalue weighted by molar-refractivity contribution is -0.125. The molecule has 2 heteroatoms. The zero-order valence-corrected chi connectivity index (χ0v) is 11.0. The van der Waals surface area contributed by atoms with Crippen LogP contribution in [0.1, 0.15) is 30.9 Å². The average Bonchev–Trinajstić information content (AvgIpc) is 2.43. The van der Waals surface area contributed by atoms with Crippen LogP contribution in [0.5, 0.6) is 0 Å². The number of allylic oxidation sites excluding steroid dienone is 1. The Morgan fingerprint density at radius 3 is 2.94 bits per heavy atom. The second kappa shape index (κ2) is 6.39. The summed E-state index contributed by atoms with van der Waals surface area (Å²) in [5.74, 6) is 0.375. The number of carbonyl (C=O) groups excluding carboxylic acids is 1. The van der Waals surface area contributed by atoms with Crippen molar-refractivity contribution in [3.8, 4) is 0 Å². The number of rotatable bonds is 4. The van der Waals surface area contributed by atoms with Crippen molar-refractivity contribution in [3.05, 3.63) is 47.5 Å². The number of carbonyl (C=O) groups is 1. The van der Waals surface area contributed by atoms with Gasteiger partial charge in [-0.05, 0) is 43.7 Å². The molecule has 1 atom stereocenters. The molecule has 0 aromatic heterocycles. The van der Waals surface area contributed by atoms with Crippen LogP contribution < -0.4 is 5.32 Å². The van der Waals surface area contributed by atoms with E-state index in [9.17, 15) is 4.79 Å². The monoisotopic (exact) mass is 243 g/mol. The molecule has 0 bridgehead atoms. The summed E-state index contributed by atoms with van der Waals surface area (Å²) >= 11 is 0. The van der Waals surface area contributed by atoms with Gasteiger partial charge in [0.05, 0.1) is 0 Å². The molecule has 1 aliphatic rings. The minimum Gasteiger partial charge on any atom is -0.356 e. The number of amides is 1. The number of hydrogen-bond acceptors (Lipinski definition) is 1. The molecule has 0 saturated heterocycles. The predicted octanol–water partition coefficient (Wildman–Crippen LogP) is 2.87. The lowest BCUT2D eigenvalue weighted by Gasteiger charge is -2.23. The number of benzene rings is 1. The molecule has 96 valence electrons. The van der Waals surface area contributed by atoms with E-state index in [1.165, 1.54) is 11.1 Å². The topological polar surface area (TPSA) is 29.1 Å². The maximum atomic E-state index is 12.0. The lowest BCUT2D eigenvalue weighted by atomic mass is 9.83. The molecule has 0 fully saturated rings. The minimum atomic E-state index is 0.158. The molecule has 0 radical (unpaired) electrons. The summed E-state index contributed by atoms with van der Waals surface area (Å²) in [6.07, 6.45) is 7.92. The summed E-state index contributed by atoms with van der Waals surface area (Å²) in [5, 5.41) is 3.03. The normalized spacial score (nSPS) is 18.6. The van der Waals surface area contributed by atoms with E-state index in [2.05, 4.69) is 35.7 Å². The van der Waals surface area contributed by atoms with E-state index in [-0.39, 0.29) is 11.8 Å². The molecule has 1 N–H and O–H groups in total. The SMILES string of the molecule is C/C=C/CCNC(=O)C1CCc2ccccc2C1. The Labute approximate surface area is 109 Å². The van der Waals surface area contributed by atoms with E-state index >= 15 is 0 Å². The molecular weight excluding hydrogens is 222 g/mol. The summed E-state index contributed by atoms with van der Waals surface area (Å²) in [6.45, 7) is 2.75. The van der Waals surface area contributed by atoms with Crippen molar-refractivity contribution >= 4 is 5.91 Å². The van der Waals surface area contributed by atoms with Gasteiger partial charge in [0.25, 0.3) is 0 Å². The van der Waals surface area contributed by atoms with Crippen LogP contribution >= 0.6 is 0 Å². The Hall–Kier alpha value is -1.57. The number of hydrogen-bond donors (Lipinski definition) is 1. The van der Waals surface area contributed by atoms with Gasteiger partial charge in [-0.3, -0.25) is 4.79 Å². The second-order valence-electron chi connectivity index (χ2n) is 4.86. The van der Waals surface area contributed by atoms with E-state index in [1.807, 2.05) is 13.0 Å². The summed E-state index contributed by atoms with van der Waals surface area (Å²) in [7, 11) is 0. The Balaban J connectivity index is 1.86. The smallest absolute Gasteiger partial charge is 0.223 e.